The van der Waals surface area contributed by atoms with E-state index in [1.165, 1.54) is 6.92 Å². The summed E-state index contributed by atoms with van der Waals surface area (Å²) in [5.74, 6) is 0.132. The molecule has 4 aliphatic rings. The molecule has 13 heteroatoms. The van der Waals surface area contributed by atoms with Crippen LogP contribution in [0.1, 0.15) is 80.7 Å². The Bertz CT molecular complexity index is 2100. The number of fused-ring (bicyclic) bond motifs is 1. The summed E-state index contributed by atoms with van der Waals surface area (Å²) >= 11 is 6.70. The van der Waals surface area contributed by atoms with E-state index in [-0.39, 0.29) is 23.6 Å². The van der Waals surface area contributed by atoms with Gasteiger partial charge < -0.3 is 29.2 Å². The van der Waals surface area contributed by atoms with Gasteiger partial charge in [-0.3, -0.25) is 19.7 Å². The molecule has 4 fully saturated rings. The molecule has 0 aliphatic carbocycles. The summed E-state index contributed by atoms with van der Waals surface area (Å²) in [5, 5.41) is 6.91. The smallest absolute Gasteiger partial charge is 0.234 e. The molecule has 4 aliphatic heterocycles. The number of ether oxygens (including phenoxy) is 2. The number of pyridine rings is 2. The molecular formula is C42H50ClN7O5. The average Bonchev–Trinajstić information content (AvgIpc) is 3.82. The standard InChI is InChI=1S/C42H50ClN7O5/c1-26-18-36(46-38(19-26)42(54-3)12-17-55-25-42)34-24-50(37-22-44-39(21-33(34)37)45-27(2)51)29-10-13-48(14-11-29)23-28-8-15-49(16-9-28)30-4-5-31(35(43)20-30)32-6-7-40(52)47-41(32)53/h4-5,18-22,24,28-29,32H,6-17,23,25H2,1-3H3,(H,44,45,51)(H,47,52,53)/t32?,42-/m0/s1. The first-order valence-electron chi connectivity index (χ1n) is 19.6. The van der Waals surface area contributed by atoms with Crippen molar-refractivity contribution in [2.24, 2.45) is 5.92 Å². The van der Waals surface area contributed by atoms with E-state index in [0.717, 1.165) is 109 Å². The highest BCUT2D eigenvalue weighted by Gasteiger charge is 2.39. The van der Waals surface area contributed by atoms with Crippen LogP contribution in [0.2, 0.25) is 5.02 Å². The molecule has 0 bridgehead atoms. The fourth-order valence-corrected chi connectivity index (χ4v) is 9.37. The van der Waals surface area contributed by atoms with E-state index in [9.17, 15) is 14.4 Å². The Morgan fingerprint density at radius 3 is 2.56 bits per heavy atom. The lowest BCUT2D eigenvalue weighted by Gasteiger charge is -2.39. The van der Waals surface area contributed by atoms with E-state index >= 15 is 0 Å². The van der Waals surface area contributed by atoms with Crippen LogP contribution in [0.15, 0.2) is 48.8 Å². The zero-order valence-corrected chi connectivity index (χ0v) is 32.7. The van der Waals surface area contributed by atoms with Crippen LogP contribution in [0.4, 0.5) is 11.5 Å². The highest BCUT2D eigenvalue weighted by atomic mass is 35.5. The van der Waals surface area contributed by atoms with Crippen molar-refractivity contribution in [3.05, 3.63) is 70.6 Å². The van der Waals surface area contributed by atoms with Crippen LogP contribution in [-0.2, 0) is 29.5 Å². The minimum absolute atomic E-state index is 0.157. The number of benzene rings is 1. The second-order valence-corrected chi connectivity index (χ2v) is 16.2. The van der Waals surface area contributed by atoms with Gasteiger partial charge in [0.25, 0.3) is 0 Å². The molecule has 3 amide bonds. The Labute approximate surface area is 326 Å². The summed E-state index contributed by atoms with van der Waals surface area (Å²) in [4.78, 5) is 50.9. The normalized spacial score (nSPS) is 23.1. The first-order valence-corrected chi connectivity index (χ1v) is 20.0. The molecule has 7 heterocycles. The molecule has 1 aromatic carbocycles. The number of rotatable bonds is 9. The summed E-state index contributed by atoms with van der Waals surface area (Å²) in [6.45, 7) is 9.79. The third-order valence-electron chi connectivity index (χ3n) is 12.2. The van der Waals surface area contributed by atoms with E-state index in [2.05, 4.69) is 61.3 Å². The number of likely N-dealkylation sites (tertiary alicyclic amines) is 1. The number of aryl methyl sites for hydroxylation is 1. The van der Waals surface area contributed by atoms with Crippen molar-refractivity contribution < 1.29 is 23.9 Å². The Balaban J connectivity index is 0.931. The molecule has 0 radical (unpaired) electrons. The lowest BCUT2D eigenvalue weighted by molar-refractivity contribution is -0.134. The van der Waals surface area contributed by atoms with Crippen molar-refractivity contribution in [2.45, 2.75) is 76.4 Å². The van der Waals surface area contributed by atoms with Crippen LogP contribution in [0.3, 0.4) is 0 Å². The van der Waals surface area contributed by atoms with Gasteiger partial charge in [0.15, 0.2) is 0 Å². The highest BCUT2D eigenvalue weighted by molar-refractivity contribution is 6.32. The number of hydrogen-bond donors (Lipinski definition) is 2. The van der Waals surface area contributed by atoms with Crippen LogP contribution in [-0.4, -0.2) is 90.2 Å². The van der Waals surface area contributed by atoms with Gasteiger partial charge in [-0.1, -0.05) is 17.7 Å². The van der Waals surface area contributed by atoms with Gasteiger partial charge in [0.2, 0.25) is 17.7 Å². The Hall–Kier alpha value is -4.36. The maximum Gasteiger partial charge on any atom is 0.234 e. The molecule has 8 rings (SSSR count). The van der Waals surface area contributed by atoms with Gasteiger partial charge in [-0.2, -0.15) is 0 Å². The fourth-order valence-electron chi connectivity index (χ4n) is 9.06. The summed E-state index contributed by atoms with van der Waals surface area (Å²) in [7, 11) is 1.73. The first kappa shape index (κ1) is 37.6. The first-order chi connectivity index (χ1) is 26.6. The van der Waals surface area contributed by atoms with Gasteiger partial charge in [-0.05, 0) is 86.4 Å². The van der Waals surface area contributed by atoms with E-state index in [4.69, 9.17) is 26.1 Å². The van der Waals surface area contributed by atoms with Crippen LogP contribution in [0, 0.1) is 12.8 Å². The summed E-state index contributed by atoms with van der Waals surface area (Å²) in [5.41, 5.74) is 6.22. The van der Waals surface area contributed by atoms with Gasteiger partial charge in [0.1, 0.15) is 11.4 Å². The quantitative estimate of drug-likeness (QED) is 0.187. The van der Waals surface area contributed by atoms with Gasteiger partial charge in [0, 0.05) is 100 Å². The largest absolute Gasteiger partial charge is 0.378 e. The molecule has 0 spiro atoms. The highest BCUT2D eigenvalue weighted by Crippen LogP contribution is 2.40. The fraction of sp³-hybridized carbons (Fsp3) is 0.500. The molecule has 0 saturated carbocycles. The molecule has 12 nitrogen and oxygen atoms in total. The Kier molecular flexibility index (Phi) is 10.7. The number of piperidine rings is 3. The van der Waals surface area contributed by atoms with Gasteiger partial charge >= 0.3 is 0 Å². The summed E-state index contributed by atoms with van der Waals surface area (Å²) < 4.78 is 14.2. The van der Waals surface area contributed by atoms with Crippen molar-refractivity contribution >= 4 is 51.7 Å². The van der Waals surface area contributed by atoms with Crippen LogP contribution in [0.25, 0.3) is 22.2 Å². The summed E-state index contributed by atoms with van der Waals surface area (Å²) in [6.07, 6.45) is 10.00. The van der Waals surface area contributed by atoms with E-state index in [1.54, 1.807) is 7.11 Å². The number of amides is 3. The predicted octanol–water partition coefficient (Wildman–Crippen LogP) is 6.35. The predicted molar refractivity (Wildman–Crippen MR) is 212 cm³/mol. The third kappa shape index (κ3) is 7.74. The average molecular weight is 768 g/mol. The minimum atomic E-state index is -0.565. The second-order valence-electron chi connectivity index (χ2n) is 15.8. The minimum Gasteiger partial charge on any atom is -0.378 e. The number of halogens is 1. The molecule has 290 valence electrons. The zero-order valence-electron chi connectivity index (χ0n) is 31.9. The van der Waals surface area contributed by atoms with Gasteiger partial charge in [-0.15, -0.1) is 0 Å². The molecule has 2 atom stereocenters. The molecule has 4 aromatic rings. The molecular weight excluding hydrogens is 718 g/mol. The van der Waals surface area contributed by atoms with Gasteiger partial charge in [0.05, 0.1) is 35.6 Å². The monoisotopic (exact) mass is 767 g/mol. The van der Waals surface area contributed by atoms with E-state index in [1.807, 2.05) is 24.4 Å². The second kappa shape index (κ2) is 15.6. The number of methoxy groups -OCH3 is 1. The lowest BCUT2D eigenvalue weighted by atomic mass is 9.90. The number of aromatic nitrogens is 3. The number of hydrogen-bond acceptors (Lipinski definition) is 9. The number of nitrogens with one attached hydrogen (secondary N) is 2. The van der Waals surface area contributed by atoms with Crippen molar-refractivity contribution in [2.75, 3.05) is 63.3 Å². The molecule has 55 heavy (non-hydrogen) atoms. The molecule has 4 saturated heterocycles. The lowest BCUT2D eigenvalue weighted by Crippen LogP contribution is -2.42. The van der Waals surface area contributed by atoms with Crippen molar-refractivity contribution in [3.63, 3.8) is 0 Å². The molecule has 2 N–H and O–H groups in total. The number of anilines is 2. The van der Waals surface area contributed by atoms with E-state index in [0.29, 0.717) is 48.9 Å². The third-order valence-corrected chi connectivity index (χ3v) is 12.5. The van der Waals surface area contributed by atoms with Gasteiger partial charge in [-0.25, -0.2) is 9.97 Å². The maximum atomic E-state index is 12.4. The number of carbonyl (C=O) groups is 3. The van der Waals surface area contributed by atoms with Crippen molar-refractivity contribution in [3.8, 4) is 11.3 Å². The molecule has 3 aromatic heterocycles. The van der Waals surface area contributed by atoms with E-state index < -0.39 is 5.60 Å². The van der Waals surface area contributed by atoms with Crippen molar-refractivity contribution in [1.82, 2.24) is 24.8 Å². The maximum absolute atomic E-state index is 12.4. The van der Waals surface area contributed by atoms with Crippen LogP contribution < -0.4 is 15.5 Å². The Morgan fingerprint density at radius 2 is 1.87 bits per heavy atom. The number of nitrogens with zero attached hydrogens (tertiary/aromatic N) is 5. The number of imide groups is 1. The summed E-state index contributed by atoms with van der Waals surface area (Å²) in [6, 6.07) is 12.5. The van der Waals surface area contributed by atoms with Crippen molar-refractivity contribution in [1.29, 1.82) is 0 Å². The number of carbonyl (C=O) groups excluding carboxylic acids is 3. The Morgan fingerprint density at radius 1 is 1.07 bits per heavy atom. The van der Waals surface area contributed by atoms with Crippen LogP contribution in [0.5, 0.6) is 0 Å². The zero-order chi connectivity index (χ0) is 38.3. The topological polar surface area (TPSA) is 131 Å². The van der Waals surface area contributed by atoms with Crippen LogP contribution >= 0.6 is 11.6 Å². The molecule has 1 unspecified atom stereocenters. The SMILES string of the molecule is CO[C@@]1(c2cc(C)cc(-c3cn(C4CCN(CC5CCN(c6ccc(C7CCC(=O)NC7=O)c(Cl)c6)CC5)CC4)c4cnc(NC(C)=O)cc34)n2)CCOC1.